The molecule has 0 aliphatic carbocycles. The molecule has 0 saturated carbocycles. The van der Waals surface area contributed by atoms with E-state index in [4.69, 9.17) is 0 Å². The van der Waals surface area contributed by atoms with E-state index >= 15 is 0 Å². The number of benzene rings is 2. The molecule has 3 aromatic rings. The van der Waals surface area contributed by atoms with Crippen molar-refractivity contribution in [3.63, 3.8) is 0 Å². The standard InChI is InChI=1S/C19H19N3O2S/c1-11(2)17(23)22-19-21-15-10-14(7-8-16(15)25-19)20-18(24)13-6-4-5-12(3)9-13/h4-11H,1-3H3,(H,20,24)(H,21,22,23). The van der Waals surface area contributed by atoms with E-state index in [2.05, 4.69) is 15.6 Å². The van der Waals surface area contributed by atoms with E-state index in [9.17, 15) is 9.59 Å². The third-order valence-electron chi connectivity index (χ3n) is 3.68. The molecule has 5 nitrogen and oxygen atoms in total. The molecular formula is C19H19N3O2S. The van der Waals surface area contributed by atoms with E-state index < -0.39 is 0 Å². The van der Waals surface area contributed by atoms with Gasteiger partial charge in [0.05, 0.1) is 10.2 Å². The average molecular weight is 353 g/mol. The van der Waals surface area contributed by atoms with Gasteiger partial charge in [-0.25, -0.2) is 4.98 Å². The Labute approximate surface area is 150 Å². The summed E-state index contributed by atoms with van der Waals surface area (Å²) in [5.74, 6) is -0.324. The van der Waals surface area contributed by atoms with Gasteiger partial charge in [0, 0.05) is 17.2 Å². The van der Waals surface area contributed by atoms with Crippen LogP contribution in [0.1, 0.15) is 29.8 Å². The van der Waals surface area contributed by atoms with Crippen molar-refractivity contribution in [3.8, 4) is 0 Å². The van der Waals surface area contributed by atoms with Gasteiger partial charge < -0.3 is 10.6 Å². The topological polar surface area (TPSA) is 71.1 Å². The second-order valence-electron chi connectivity index (χ2n) is 6.17. The summed E-state index contributed by atoms with van der Waals surface area (Å²) < 4.78 is 0.951. The van der Waals surface area contributed by atoms with Crippen LogP contribution in [0, 0.1) is 12.8 Å². The number of carbonyl (C=O) groups is 2. The fraction of sp³-hybridized carbons (Fsp3) is 0.211. The quantitative estimate of drug-likeness (QED) is 0.728. The number of thiazole rings is 1. The number of amides is 2. The van der Waals surface area contributed by atoms with Crippen LogP contribution in [0.2, 0.25) is 0 Å². The second-order valence-corrected chi connectivity index (χ2v) is 7.20. The summed E-state index contributed by atoms with van der Waals surface area (Å²) in [5.41, 5.74) is 3.06. The summed E-state index contributed by atoms with van der Waals surface area (Å²) in [4.78, 5) is 28.6. The number of aromatic nitrogens is 1. The Bertz CT molecular complexity index is 947. The molecule has 0 aliphatic heterocycles. The highest BCUT2D eigenvalue weighted by atomic mass is 32.1. The van der Waals surface area contributed by atoms with Gasteiger partial charge in [-0.1, -0.05) is 42.9 Å². The largest absolute Gasteiger partial charge is 0.322 e. The monoisotopic (exact) mass is 353 g/mol. The van der Waals surface area contributed by atoms with Crippen molar-refractivity contribution in [3.05, 3.63) is 53.6 Å². The Morgan fingerprint density at radius 2 is 1.88 bits per heavy atom. The van der Waals surface area contributed by atoms with Crippen LogP contribution >= 0.6 is 11.3 Å². The van der Waals surface area contributed by atoms with Crippen LogP contribution in [0.4, 0.5) is 10.8 Å². The molecule has 2 N–H and O–H groups in total. The minimum atomic E-state index is -0.161. The Morgan fingerprint density at radius 3 is 2.60 bits per heavy atom. The number of nitrogens with zero attached hydrogens (tertiary/aromatic N) is 1. The van der Waals surface area contributed by atoms with Crippen LogP contribution < -0.4 is 10.6 Å². The summed E-state index contributed by atoms with van der Waals surface area (Å²) in [6.07, 6.45) is 0. The first kappa shape index (κ1) is 17.1. The van der Waals surface area contributed by atoms with Crippen LogP contribution in [0.15, 0.2) is 42.5 Å². The number of nitrogens with one attached hydrogen (secondary N) is 2. The van der Waals surface area contributed by atoms with E-state index in [1.807, 2.05) is 57.2 Å². The highest BCUT2D eigenvalue weighted by molar-refractivity contribution is 7.22. The third-order valence-corrected chi connectivity index (χ3v) is 4.63. The van der Waals surface area contributed by atoms with E-state index in [1.54, 1.807) is 6.07 Å². The number of aryl methyl sites for hydroxylation is 1. The van der Waals surface area contributed by atoms with Gasteiger partial charge in [0.25, 0.3) is 5.91 Å². The SMILES string of the molecule is Cc1cccc(C(=O)Nc2ccc3sc(NC(=O)C(C)C)nc3c2)c1. The maximum absolute atomic E-state index is 12.3. The summed E-state index contributed by atoms with van der Waals surface area (Å²) in [6, 6.07) is 13.0. The van der Waals surface area contributed by atoms with Gasteiger partial charge in [-0.05, 0) is 37.3 Å². The number of carbonyl (C=O) groups excluding carboxylic acids is 2. The van der Waals surface area contributed by atoms with Crippen molar-refractivity contribution in [1.82, 2.24) is 4.98 Å². The second kappa shape index (κ2) is 7.03. The van der Waals surface area contributed by atoms with Crippen LogP contribution in [-0.2, 0) is 4.79 Å². The Kier molecular flexibility index (Phi) is 4.81. The summed E-state index contributed by atoms with van der Waals surface area (Å²) in [6.45, 7) is 5.62. The Hall–Kier alpha value is -2.73. The molecule has 2 aromatic carbocycles. The van der Waals surface area contributed by atoms with Gasteiger partial charge >= 0.3 is 0 Å². The molecule has 0 bridgehead atoms. The third kappa shape index (κ3) is 4.03. The lowest BCUT2D eigenvalue weighted by molar-refractivity contribution is -0.118. The minimum Gasteiger partial charge on any atom is -0.322 e. The number of hydrogen-bond donors (Lipinski definition) is 2. The fourth-order valence-electron chi connectivity index (χ4n) is 2.30. The zero-order valence-electron chi connectivity index (χ0n) is 14.3. The maximum Gasteiger partial charge on any atom is 0.255 e. The van der Waals surface area contributed by atoms with Crippen molar-refractivity contribution >= 4 is 44.2 Å². The van der Waals surface area contributed by atoms with E-state index in [1.165, 1.54) is 11.3 Å². The van der Waals surface area contributed by atoms with Crippen molar-refractivity contribution in [2.75, 3.05) is 10.6 Å². The number of anilines is 2. The van der Waals surface area contributed by atoms with Crippen molar-refractivity contribution in [1.29, 1.82) is 0 Å². The van der Waals surface area contributed by atoms with E-state index in [0.29, 0.717) is 16.4 Å². The molecule has 6 heteroatoms. The van der Waals surface area contributed by atoms with Gasteiger partial charge in [-0.2, -0.15) is 0 Å². The number of fused-ring (bicyclic) bond motifs is 1. The fourth-order valence-corrected chi connectivity index (χ4v) is 3.15. The highest BCUT2D eigenvalue weighted by Gasteiger charge is 2.12. The Morgan fingerprint density at radius 1 is 1.08 bits per heavy atom. The van der Waals surface area contributed by atoms with Gasteiger partial charge in [-0.3, -0.25) is 9.59 Å². The molecular weight excluding hydrogens is 334 g/mol. The van der Waals surface area contributed by atoms with E-state index in [0.717, 1.165) is 15.8 Å². The molecule has 0 aliphatic rings. The molecule has 0 radical (unpaired) electrons. The minimum absolute atomic E-state index is 0.0629. The van der Waals surface area contributed by atoms with Gasteiger partial charge in [0.15, 0.2) is 5.13 Å². The van der Waals surface area contributed by atoms with Gasteiger partial charge in [-0.15, -0.1) is 0 Å². The first-order chi connectivity index (χ1) is 11.9. The highest BCUT2D eigenvalue weighted by Crippen LogP contribution is 2.28. The van der Waals surface area contributed by atoms with Crippen LogP contribution in [0.25, 0.3) is 10.2 Å². The predicted octanol–water partition coefficient (Wildman–Crippen LogP) is 4.45. The zero-order chi connectivity index (χ0) is 18.0. The van der Waals surface area contributed by atoms with Crippen LogP contribution in [0.5, 0.6) is 0 Å². The number of rotatable bonds is 4. The first-order valence-corrected chi connectivity index (χ1v) is 8.83. The van der Waals surface area contributed by atoms with Gasteiger partial charge in [0.2, 0.25) is 5.91 Å². The van der Waals surface area contributed by atoms with Gasteiger partial charge in [0.1, 0.15) is 0 Å². The molecule has 128 valence electrons. The average Bonchev–Trinajstić information content (AvgIpc) is 2.96. The summed E-state index contributed by atoms with van der Waals surface area (Å²) in [7, 11) is 0. The van der Waals surface area contributed by atoms with Crippen molar-refractivity contribution in [2.45, 2.75) is 20.8 Å². The first-order valence-electron chi connectivity index (χ1n) is 8.02. The molecule has 0 atom stereocenters. The molecule has 3 rings (SSSR count). The lowest BCUT2D eigenvalue weighted by Gasteiger charge is -2.05. The molecule has 0 unspecified atom stereocenters. The van der Waals surface area contributed by atoms with Crippen LogP contribution in [-0.4, -0.2) is 16.8 Å². The molecule has 1 heterocycles. The number of hydrogen-bond acceptors (Lipinski definition) is 4. The molecule has 0 fully saturated rings. The predicted molar refractivity (Wildman–Crippen MR) is 102 cm³/mol. The lowest BCUT2D eigenvalue weighted by Crippen LogP contribution is -2.17. The van der Waals surface area contributed by atoms with E-state index in [-0.39, 0.29) is 17.7 Å². The molecule has 0 saturated heterocycles. The summed E-state index contributed by atoms with van der Waals surface area (Å²) >= 11 is 1.41. The van der Waals surface area contributed by atoms with Crippen molar-refractivity contribution in [2.24, 2.45) is 5.92 Å². The molecule has 25 heavy (non-hydrogen) atoms. The summed E-state index contributed by atoms with van der Waals surface area (Å²) in [5, 5.41) is 6.25. The lowest BCUT2D eigenvalue weighted by atomic mass is 10.1. The van der Waals surface area contributed by atoms with Crippen LogP contribution in [0.3, 0.4) is 0 Å². The molecule has 0 spiro atoms. The molecule has 1 aromatic heterocycles. The Balaban J connectivity index is 1.79. The van der Waals surface area contributed by atoms with Crippen molar-refractivity contribution < 1.29 is 9.59 Å². The normalized spacial score (nSPS) is 10.9. The smallest absolute Gasteiger partial charge is 0.255 e. The zero-order valence-corrected chi connectivity index (χ0v) is 15.1. The maximum atomic E-state index is 12.3. The molecule has 2 amide bonds.